The highest BCUT2D eigenvalue weighted by atomic mass is 32.2. The van der Waals surface area contributed by atoms with E-state index in [4.69, 9.17) is 32.8 Å². The molecule has 10 atom stereocenters. The fraction of sp³-hybridized carbons (Fsp3) is 0.554. The number of benzene rings is 2. The first-order valence-corrected chi connectivity index (χ1v) is 29.8. The molecule has 0 radical (unpaired) electrons. The van der Waals surface area contributed by atoms with Crippen LogP contribution in [0.3, 0.4) is 0 Å². The monoisotopic (exact) mass is 1300 g/mol. The van der Waals surface area contributed by atoms with Crippen LogP contribution in [-0.2, 0) is 75.2 Å². The Balaban J connectivity index is 0.00000543. The Morgan fingerprint density at radius 2 is 0.967 bits per heavy atom. The number of nitrogens with one attached hydrogen (secondary N) is 10. The molecule has 0 aromatic heterocycles. The molecule has 2 aromatic rings. The lowest BCUT2D eigenvalue weighted by atomic mass is 10.0. The molecule has 90 heavy (non-hydrogen) atoms. The number of carboxylic acid groups (broad SMARTS) is 1. The number of aliphatic hydroxyl groups excluding tert-OH is 2. The molecule has 2 rings (SSSR count). The van der Waals surface area contributed by atoms with Crippen molar-refractivity contribution in [2.75, 3.05) is 38.2 Å². The van der Waals surface area contributed by atoms with E-state index in [0.717, 1.165) is 0 Å². The zero-order chi connectivity index (χ0) is 68.3. The number of hydrogen-bond donors (Lipinski definition) is 17. The Morgan fingerprint density at radius 1 is 0.544 bits per heavy atom. The van der Waals surface area contributed by atoms with Crippen molar-refractivity contribution in [3.63, 3.8) is 0 Å². The van der Waals surface area contributed by atoms with Gasteiger partial charge in [-0.15, -0.1) is 0 Å². The normalized spacial score (nSPS) is 14.4. The maximum atomic E-state index is 14.4. The van der Waals surface area contributed by atoms with Gasteiger partial charge >= 0.3 is 12.1 Å². The number of aliphatic hydroxyl groups is 2. The van der Waals surface area contributed by atoms with Gasteiger partial charge in [0.2, 0.25) is 70.9 Å². The van der Waals surface area contributed by atoms with Crippen LogP contribution in [0, 0.1) is 5.92 Å². The number of carboxylic acids is 1. The first kappa shape index (κ1) is 79.5. The summed E-state index contributed by atoms with van der Waals surface area (Å²) < 4.78 is 31.7. The Bertz CT molecular complexity index is 2700. The number of unbranched alkanes of at least 4 members (excludes halogenated alkanes) is 1. The number of aliphatic carboxylic acids is 1. The van der Waals surface area contributed by atoms with Crippen molar-refractivity contribution in [2.24, 2.45) is 28.9 Å². The summed E-state index contributed by atoms with van der Waals surface area (Å²) in [5.74, 6) is -12.7. The number of carbonyl (C=O) groups is 13. The van der Waals surface area contributed by atoms with Gasteiger partial charge in [0.15, 0.2) is 0 Å². The summed E-state index contributed by atoms with van der Waals surface area (Å²) in [6, 6.07) is 4.55. The minimum Gasteiger partial charge on any atom is -0.475 e. The van der Waals surface area contributed by atoms with E-state index in [2.05, 4.69) is 53.2 Å². The lowest BCUT2D eigenvalue weighted by molar-refractivity contribution is -0.192. The smallest absolute Gasteiger partial charge is 0.475 e. The SMILES string of the molecule is CSCC[C@H](NC(=O)[C@H](CC(C)C)NC(=O)CNC(=O)[C@H](Cc1ccccc1)NC(=O)[C@H](Cc1ccccc1)NC(=O)[C@H](CCC(N)=O)NC(=O)[C@H](CO)NC(=O)[C@H](C)NC(=O)[C@H](CCCCN)NC(=O)CNC(=O)[C@@H](N)[C@@H](C)O)C(N)=O.O=C(O)C(F)(F)F. The summed E-state index contributed by atoms with van der Waals surface area (Å²) in [4.78, 5) is 168. The predicted octanol–water partition coefficient (Wildman–Crippen LogP) is -4.38. The van der Waals surface area contributed by atoms with Crippen LogP contribution in [0.2, 0.25) is 0 Å². The highest BCUT2D eigenvalue weighted by molar-refractivity contribution is 7.98. The molecule has 0 heterocycles. The molecule has 0 spiro atoms. The van der Waals surface area contributed by atoms with Crippen molar-refractivity contribution in [2.45, 2.75) is 152 Å². The third kappa shape index (κ3) is 32.1. The fourth-order valence-electron chi connectivity index (χ4n) is 7.90. The third-order valence-corrected chi connectivity index (χ3v) is 13.5. The number of rotatable bonds is 39. The lowest BCUT2D eigenvalue weighted by Crippen LogP contribution is -2.60. The van der Waals surface area contributed by atoms with E-state index < -0.39 is 176 Å². The Hall–Kier alpha value is -8.47. The Morgan fingerprint density at radius 3 is 1.42 bits per heavy atom. The second kappa shape index (κ2) is 41.7. The average Bonchev–Trinajstić information content (AvgIpc) is 2.42. The van der Waals surface area contributed by atoms with Crippen LogP contribution >= 0.6 is 11.8 Å². The zero-order valence-corrected chi connectivity index (χ0v) is 51.3. The van der Waals surface area contributed by atoms with Crippen LogP contribution in [0.25, 0.3) is 0 Å². The maximum Gasteiger partial charge on any atom is 0.490 e. The van der Waals surface area contributed by atoms with Gasteiger partial charge in [0.25, 0.3) is 0 Å². The molecule has 2 aromatic carbocycles. The number of hydrogen-bond acceptors (Lipinski definition) is 18. The summed E-state index contributed by atoms with van der Waals surface area (Å²) >= 11 is 1.45. The van der Waals surface area contributed by atoms with E-state index in [1.807, 2.05) is 20.1 Å². The fourth-order valence-corrected chi connectivity index (χ4v) is 8.38. The summed E-state index contributed by atoms with van der Waals surface area (Å²) in [5.41, 5.74) is 23.3. The first-order valence-electron chi connectivity index (χ1n) is 28.4. The van der Waals surface area contributed by atoms with Crippen LogP contribution < -0.4 is 76.1 Å². The maximum absolute atomic E-state index is 14.4. The van der Waals surface area contributed by atoms with Gasteiger partial charge in [-0.1, -0.05) is 74.5 Å². The van der Waals surface area contributed by atoms with Crippen molar-refractivity contribution in [3.05, 3.63) is 71.8 Å². The number of nitrogens with two attached hydrogens (primary N) is 4. The number of carbonyl (C=O) groups excluding carboxylic acids is 12. The first-order chi connectivity index (χ1) is 42.2. The number of halogens is 3. The van der Waals surface area contributed by atoms with Gasteiger partial charge in [0, 0.05) is 19.3 Å². The standard InChI is InChI=1S/C54H84N14O14S.C2HF3O2/c1-30(2)24-38(51(79)64-35(46(58)74)21-23-83-5)63-44(73)27-59-48(76)39(25-33-14-8-6-9-15-33)66-52(80)40(26-34-16-10-7-11-17-34)67-50(78)37(19-20-42(56)71)65-53(81)41(29-69)68-47(75)31(3)61-49(77)36(18-12-13-22-55)62-43(72)28-60-54(82)45(57)32(4)70;3-2(4,5)1(6)7/h6-11,14-17,30-32,35-41,45,69-70H,12-13,18-29,55,57H2,1-5H3,(H2,56,71)(H2,58,74)(H,59,76)(H,60,82)(H,61,77)(H,62,72)(H,63,73)(H,64,79)(H,65,81)(H,66,80)(H,67,78)(H,68,75);(H,6,7)/t31-,32+,35-,36-,37-,38-,39-,40-,41-,45-;/m0./s1. The van der Waals surface area contributed by atoms with Crippen molar-refractivity contribution in [1.29, 1.82) is 0 Å². The number of thioether (sulfide) groups is 1. The molecular formula is C56H85F3N14O16S. The van der Waals surface area contributed by atoms with E-state index in [9.17, 15) is 80.9 Å². The van der Waals surface area contributed by atoms with Crippen molar-refractivity contribution >= 4 is 88.6 Å². The van der Waals surface area contributed by atoms with Crippen LogP contribution in [0.4, 0.5) is 13.2 Å². The highest BCUT2D eigenvalue weighted by Gasteiger charge is 2.38. The summed E-state index contributed by atoms with van der Waals surface area (Å²) in [5, 5.41) is 51.7. The molecule has 0 aliphatic rings. The molecule has 502 valence electrons. The van der Waals surface area contributed by atoms with Crippen LogP contribution in [0.5, 0.6) is 0 Å². The summed E-state index contributed by atoms with van der Waals surface area (Å²) in [7, 11) is 0. The molecule has 0 saturated carbocycles. The lowest BCUT2D eigenvalue weighted by Gasteiger charge is -2.27. The number of amides is 12. The molecule has 34 heteroatoms. The van der Waals surface area contributed by atoms with E-state index in [-0.39, 0.29) is 44.6 Å². The molecule has 0 aliphatic heterocycles. The quantitative estimate of drug-likeness (QED) is 0.0281. The van der Waals surface area contributed by atoms with Gasteiger partial charge in [-0.2, -0.15) is 24.9 Å². The van der Waals surface area contributed by atoms with E-state index >= 15 is 0 Å². The van der Waals surface area contributed by atoms with Crippen LogP contribution in [0.1, 0.15) is 83.8 Å². The third-order valence-electron chi connectivity index (χ3n) is 12.9. The van der Waals surface area contributed by atoms with Gasteiger partial charge in [-0.05, 0) is 88.0 Å². The van der Waals surface area contributed by atoms with Gasteiger partial charge in [-0.25, -0.2) is 4.79 Å². The predicted molar refractivity (Wildman–Crippen MR) is 321 cm³/mol. The van der Waals surface area contributed by atoms with Crippen LogP contribution in [0.15, 0.2) is 60.7 Å². The summed E-state index contributed by atoms with van der Waals surface area (Å²) in [6.45, 7) is 4.14. The van der Waals surface area contributed by atoms with Gasteiger partial charge < -0.3 is 91.4 Å². The molecule has 30 nitrogen and oxygen atoms in total. The van der Waals surface area contributed by atoms with E-state index in [0.29, 0.717) is 29.7 Å². The zero-order valence-electron chi connectivity index (χ0n) is 50.5. The Kier molecular flexibility index (Phi) is 36.8. The van der Waals surface area contributed by atoms with E-state index in [1.165, 1.54) is 25.6 Å². The summed E-state index contributed by atoms with van der Waals surface area (Å²) in [6.07, 6.45) is -4.36. The molecular weight excluding hydrogens is 1210 g/mol. The molecule has 0 unspecified atom stereocenters. The molecule has 12 amide bonds. The van der Waals surface area contributed by atoms with Crippen molar-refractivity contribution in [1.82, 2.24) is 53.2 Å². The van der Waals surface area contributed by atoms with Crippen LogP contribution in [-0.4, -0.2) is 197 Å². The topological polar surface area (TPSA) is 507 Å². The minimum atomic E-state index is -5.08. The van der Waals surface area contributed by atoms with E-state index in [1.54, 1.807) is 60.7 Å². The molecule has 21 N–H and O–H groups in total. The molecule has 0 fully saturated rings. The second-order valence-corrected chi connectivity index (χ2v) is 21.9. The van der Waals surface area contributed by atoms with Gasteiger partial charge in [0.1, 0.15) is 54.4 Å². The average molecular weight is 1300 g/mol. The van der Waals surface area contributed by atoms with Crippen molar-refractivity contribution in [3.8, 4) is 0 Å². The number of alkyl halides is 3. The second-order valence-electron chi connectivity index (χ2n) is 20.9. The highest BCUT2D eigenvalue weighted by Crippen LogP contribution is 2.14. The van der Waals surface area contributed by atoms with Crippen molar-refractivity contribution < 1.29 is 90.8 Å². The minimum absolute atomic E-state index is 0.0588. The molecule has 0 saturated heterocycles. The molecule has 0 aliphatic carbocycles. The van der Waals surface area contributed by atoms with Gasteiger partial charge in [-0.3, -0.25) is 57.5 Å². The largest absolute Gasteiger partial charge is 0.490 e. The number of primary amides is 2. The Labute approximate surface area is 522 Å². The van der Waals surface area contributed by atoms with Gasteiger partial charge in [0.05, 0.1) is 25.8 Å². The molecule has 0 bridgehead atoms.